The Morgan fingerprint density at radius 3 is 2.70 bits per heavy atom. The number of halogens is 4. The Morgan fingerprint density at radius 2 is 2.05 bits per heavy atom. The lowest BCUT2D eigenvalue weighted by molar-refractivity contribution is -0.139. The summed E-state index contributed by atoms with van der Waals surface area (Å²) in [6.45, 7) is 4.64. The molecule has 0 amide bonds. The van der Waals surface area contributed by atoms with Crippen LogP contribution in [0.4, 0.5) is 13.2 Å². The molecule has 2 aliphatic heterocycles. The molecule has 2 heterocycles. The number of likely N-dealkylation sites (N-methyl/N-ethyl adjacent to an activating group) is 1. The maximum atomic E-state index is 13.0. The highest BCUT2D eigenvalue weighted by molar-refractivity contribution is 5.85. The van der Waals surface area contributed by atoms with E-state index in [-0.39, 0.29) is 31.0 Å². The Morgan fingerprint density at radius 1 is 1.30 bits per heavy atom. The van der Waals surface area contributed by atoms with Crippen LogP contribution in [0, 0.1) is 0 Å². The summed E-state index contributed by atoms with van der Waals surface area (Å²) >= 11 is 0. The van der Waals surface area contributed by atoms with Gasteiger partial charge in [-0.3, -0.25) is 0 Å². The normalized spacial score (nSPS) is 25.8. The van der Waals surface area contributed by atoms with Crippen LogP contribution in [-0.2, 0) is 17.5 Å². The molecule has 20 heavy (non-hydrogen) atoms. The van der Waals surface area contributed by atoms with E-state index in [1.807, 2.05) is 6.07 Å². The Balaban J connectivity index is 0.00000147. The van der Waals surface area contributed by atoms with Gasteiger partial charge in [-0.05, 0) is 23.7 Å². The van der Waals surface area contributed by atoms with Crippen molar-refractivity contribution in [2.24, 2.45) is 0 Å². The molecule has 112 valence electrons. The largest absolute Gasteiger partial charge is 0.416 e. The molecule has 1 saturated heterocycles. The highest BCUT2D eigenvalue weighted by Crippen LogP contribution is 2.42. The number of ether oxygens (including phenoxy) is 1. The minimum absolute atomic E-state index is 0. The first kappa shape index (κ1) is 15.6. The summed E-state index contributed by atoms with van der Waals surface area (Å²) in [7, 11) is 0. The molecular formula is C14H17ClF3NO. The summed E-state index contributed by atoms with van der Waals surface area (Å²) in [6, 6.07) is 4.48. The zero-order valence-corrected chi connectivity index (χ0v) is 11.9. The van der Waals surface area contributed by atoms with Crippen LogP contribution in [0.3, 0.4) is 0 Å². The van der Waals surface area contributed by atoms with Gasteiger partial charge in [0.1, 0.15) is 0 Å². The highest BCUT2D eigenvalue weighted by atomic mass is 35.5. The number of nitrogens with zero attached hydrogens (tertiary/aromatic N) is 1. The van der Waals surface area contributed by atoms with Crippen molar-refractivity contribution in [1.29, 1.82) is 0 Å². The van der Waals surface area contributed by atoms with E-state index in [9.17, 15) is 13.2 Å². The van der Waals surface area contributed by atoms with Gasteiger partial charge in [0.15, 0.2) is 0 Å². The van der Waals surface area contributed by atoms with Gasteiger partial charge in [-0.15, -0.1) is 12.4 Å². The molecule has 3 rings (SSSR count). The number of benzene rings is 1. The third kappa shape index (κ3) is 2.54. The van der Waals surface area contributed by atoms with E-state index in [1.54, 1.807) is 0 Å². The number of rotatable bonds is 1. The predicted molar refractivity (Wildman–Crippen MR) is 72.1 cm³/mol. The van der Waals surface area contributed by atoms with Crippen LogP contribution >= 0.6 is 12.4 Å². The highest BCUT2D eigenvalue weighted by Gasteiger charge is 2.42. The first-order chi connectivity index (χ1) is 9.00. The van der Waals surface area contributed by atoms with Gasteiger partial charge in [0.05, 0.1) is 18.3 Å². The topological polar surface area (TPSA) is 12.5 Å². The van der Waals surface area contributed by atoms with E-state index >= 15 is 0 Å². The molecule has 2 atom stereocenters. The van der Waals surface area contributed by atoms with Gasteiger partial charge in [-0.25, -0.2) is 0 Å². The number of likely N-dealkylation sites (tertiary alicyclic amines) is 1. The minimum Gasteiger partial charge on any atom is -0.371 e. The first-order valence-corrected chi connectivity index (χ1v) is 6.53. The molecule has 0 saturated carbocycles. The molecular weight excluding hydrogens is 291 g/mol. The molecule has 0 aliphatic carbocycles. The summed E-state index contributed by atoms with van der Waals surface area (Å²) in [5.74, 6) is 0.0750. The van der Waals surface area contributed by atoms with Crippen LogP contribution in [0.1, 0.15) is 29.5 Å². The van der Waals surface area contributed by atoms with Gasteiger partial charge in [-0.2, -0.15) is 13.2 Å². The van der Waals surface area contributed by atoms with Crippen molar-refractivity contribution in [1.82, 2.24) is 4.90 Å². The molecule has 2 nitrogen and oxygen atoms in total. The van der Waals surface area contributed by atoms with Crippen LogP contribution in [0.15, 0.2) is 18.2 Å². The van der Waals surface area contributed by atoms with Gasteiger partial charge in [-0.1, -0.05) is 19.1 Å². The Kier molecular flexibility index (Phi) is 4.33. The second kappa shape index (κ2) is 5.54. The summed E-state index contributed by atoms with van der Waals surface area (Å²) in [5, 5.41) is 0. The van der Waals surface area contributed by atoms with E-state index in [4.69, 9.17) is 4.74 Å². The fraction of sp³-hybridized carbons (Fsp3) is 0.571. The van der Waals surface area contributed by atoms with Crippen LogP contribution in [-0.4, -0.2) is 30.6 Å². The zero-order chi connectivity index (χ0) is 13.6. The fourth-order valence-corrected chi connectivity index (χ4v) is 3.15. The lowest BCUT2D eigenvalue weighted by Gasteiger charge is -2.29. The van der Waals surface area contributed by atoms with Crippen LogP contribution in [0.5, 0.6) is 0 Å². The Labute approximate surface area is 122 Å². The lowest BCUT2D eigenvalue weighted by Crippen LogP contribution is -2.29. The van der Waals surface area contributed by atoms with Crippen molar-refractivity contribution in [3.05, 3.63) is 34.9 Å². The van der Waals surface area contributed by atoms with Crippen molar-refractivity contribution in [2.45, 2.75) is 31.7 Å². The Bertz CT molecular complexity index is 492. The minimum atomic E-state index is -4.30. The van der Waals surface area contributed by atoms with Gasteiger partial charge < -0.3 is 9.64 Å². The van der Waals surface area contributed by atoms with Gasteiger partial charge in [0.25, 0.3) is 0 Å². The van der Waals surface area contributed by atoms with Crippen LogP contribution in [0.2, 0.25) is 0 Å². The molecule has 1 fully saturated rings. The van der Waals surface area contributed by atoms with E-state index in [1.165, 1.54) is 6.07 Å². The van der Waals surface area contributed by atoms with E-state index in [2.05, 4.69) is 11.8 Å². The summed E-state index contributed by atoms with van der Waals surface area (Å²) in [5.41, 5.74) is 0.606. The SMILES string of the molecule is CCN1C[C@@H]2c3cccc(C(F)(F)F)c3CO[C@@H]2C1.Cl. The third-order valence-corrected chi connectivity index (χ3v) is 4.15. The van der Waals surface area contributed by atoms with Gasteiger partial charge in [0.2, 0.25) is 0 Å². The average Bonchev–Trinajstić information content (AvgIpc) is 2.80. The fourth-order valence-electron chi connectivity index (χ4n) is 3.15. The second-order valence-electron chi connectivity index (χ2n) is 5.18. The first-order valence-electron chi connectivity index (χ1n) is 6.53. The van der Waals surface area contributed by atoms with Gasteiger partial charge >= 0.3 is 6.18 Å². The molecule has 6 heteroatoms. The average molecular weight is 308 g/mol. The number of hydrogen-bond acceptors (Lipinski definition) is 2. The number of alkyl halides is 3. The summed E-state index contributed by atoms with van der Waals surface area (Å²) in [4.78, 5) is 2.23. The standard InChI is InChI=1S/C14H16F3NO.ClH/c1-2-18-6-10-9-4-3-5-12(14(15,16)17)11(9)8-19-13(10)7-18;/h3-5,10,13H,2,6-8H2,1H3;1H/t10-,13-;/m1./s1. The predicted octanol–water partition coefficient (Wildman–Crippen LogP) is 3.45. The van der Waals surface area contributed by atoms with Crippen LogP contribution in [0.25, 0.3) is 0 Å². The maximum absolute atomic E-state index is 13.0. The van der Waals surface area contributed by atoms with Crippen LogP contribution < -0.4 is 0 Å². The van der Waals surface area contributed by atoms with E-state index in [0.717, 1.165) is 31.3 Å². The van der Waals surface area contributed by atoms with Crippen molar-refractivity contribution < 1.29 is 17.9 Å². The van der Waals surface area contributed by atoms with Crippen molar-refractivity contribution in [3.8, 4) is 0 Å². The van der Waals surface area contributed by atoms with Crippen molar-refractivity contribution >= 4 is 12.4 Å². The maximum Gasteiger partial charge on any atom is 0.416 e. The molecule has 0 bridgehead atoms. The molecule has 0 N–H and O–H groups in total. The monoisotopic (exact) mass is 307 g/mol. The molecule has 1 aromatic carbocycles. The molecule has 0 radical (unpaired) electrons. The number of hydrogen-bond donors (Lipinski definition) is 0. The molecule has 0 unspecified atom stereocenters. The van der Waals surface area contributed by atoms with Crippen molar-refractivity contribution in [3.63, 3.8) is 0 Å². The molecule has 2 aliphatic rings. The summed E-state index contributed by atoms with van der Waals surface area (Å²) < 4.78 is 44.6. The van der Waals surface area contributed by atoms with E-state index < -0.39 is 11.7 Å². The molecule has 0 aromatic heterocycles. The molecule has 1 aromatic rings. The Hall–Kier alpha value is -0.780. The summed E-state index contributed by atoms with van der Waals surface area (Å²) in [6.07, 6.45) is -4.26. The zero-order valence-electron chi connectivity index (χ0n) is 11.1. The third-order valence-electron chi connectivity index (χ3n) is 4.15. The van der Waals surface area contributed by atoms with Gasteiger partial charge in [0, 0.05) is 19.0 Å². The second-order valence-corrected chi connectivity index (χ2v) is 5.18. The smallest absolute Gasteiger partial charge is 0.371 e. The van der Waals surface area contributed by atoms with Crippen molar-refractivity contribution in [2.75, 3.05) is 19.6 Å². The molecule has 0 spiro atoms. The lowest BCUT2D eigenvalue weighted by atomic mass is 9.87. The number of fused-ring (bicyclic) bond motifs is 3. The quantitative estimate of drug-likeness (QED) is 0.788. The van der Waals surface area contributed by atoms with E-state index in [0.29, 0.717) is 5.56 Å².